The van der Waals surface area contributed by atoms with Gasteiger partial charge in [0.2, 0.25) is 5.43 Å². The highest BCUT2D eigenvalue weighted by molar-refractivity contribution is 5.93. The summed E-state index contributed by atoms with van der Waals surface area (Å²) in [4.78, 5) is 24.7. The minimum Gasteiger partial charge on any atom is -0.508 e. The Hall–Kier alpha value is -2.50. The molecule has 0 bridgehead atoms. The Morgan fingerprint density at radius 1 is 1.25 bits per heavy atom. The van der Waals surface area contributed by atoms with Crippen molar-refractivity contribution in [1.82, 2.24) is 4.98 Å². The topological polar surface area (TPSA) is 111 Å². The number of carbonyl (C=O) groups is 1. The van der Waals surface area contributed by atoms with Gasteiger partial charge in [-0.2, -0.15) is 0 Å². The molecule has 0 aliphatic carbocycles. The molecule has 0 saturated carbocycles. The first-order valence-corrected chi connectivity index (χ1v) is 4.32. The first kappa shape index (κ1) is 10.0. The SMILES string of the molecule is O=C(O)c1[nH]c2ccc(O)cc2c(=O)c1O. The molecule has 0 spiro atoms. The van der Waals surface area contributed by atoms with Crippen LogP contribution in [0.15, 0.2) is 23.0 Å². The van der Waals surface area contributed by atoms with Crippen LogP contribution in [0.25, 0.3) is 10.9 Å². The summed E-state index contributed by atoms with van der Waals surface area (Å²) in [6.07, 6.45) is 0. The fourth-order valence-electron chi connectivity index (χ4n) is 1.42. The molecule has 1 aromatic heterocycles. The summed E-state index contributed by atoms with van der Waals surface area (Å²) >= 11 is 0. The first-order valence-electron chi connectivity index (χ1n) is 4.32. The number of phenols is 1. The molecule has 6 heteroatoms. The summed E-state index contributed by atoms with van der Waals surface area (Å²) in [5.74, 6) is -2.43. The number of aromatic nitrogens is 1. The summed E-state index contributed by atoms with van der Waals surface area (Å²) < 4.78 is 0. The van der Waals surface area contributed by atoms with Crippen LogP contribution < -0.4 is 5.43 Å². The van der Waals surface area contributed by atoms with Crippen LogP contribution in [0.1, 0.15) is 10.5 Å². The molecule has 0 atom stereocenters. The smallest absolute Gasteiger partial charge is 0.356 e. The van der Waals surface area contributed by atoms with Crippen LogP contribution in [-0.4, -0.2) is 26.3 Å². The monoisotopic (exact) mass is 221 g/mol. The molecule has 1 heterocycles. The van der Waals surface area contributed by atoms with Gasteiger partial charge in [0.1, 0.15) is 5.75 Å². The molecule has 82 valence electrons. The van der Waals surface area contributed by atoms with Crippen molar-refractivity contribution in [3.8, 4) is 11.5 Å². The highest BCUT2D eigenvalue weighted by Gasteiger charge is 2.16. The van der Waals surface area contributed by atoms with Gasteiger partial charge >= 0.3 is 5.97 Å². The summed E-state index contributed by atoms with van der Waals surface area (Å²) in [5.41, 5.74) is -1.16. The number of hydrogen-bond donors (Lipinski definition) is 4. The molecule has 0 unspecified atom stereocenters. The van der Waals surface area contributed by atoms with E-state index in [0.29, 0.717) is 0 Å². The summed E-state index contributed by atoms with van der Waals surface area (Å²) in [5, 5.41) is 27.3. The molecular formula is C10H7NO5. The molecule has 0 radical (unpaired) electrons. The quantitative estimate of drug-likeness (QED) is 0.564. The van der Waals surface area contributed by atoms with Crippen LogP contribution in [0.3, 0.4) is 0 Å². The predicted octanol–water partition coefficient (Wildman–Crippen LogP) is 0.637. The van der Waals surface area contributed by atoms with Crippen molar-refractivity contribution in [2.45, 2.75) is 0 Å². The average Bonchev–Trinajstić information content (AvgIpc) is 2.23. The Labute approximate surface area is 88.4 Å². The van der Waals surface area contributed by atoms with E-state index >= 15 is 0 Å². The van der Waals surface area contributed by atoms with E-state index in [1.165, 1.54) is 12.1 Å². The fraction of sp³-hybridized carbons (Fsp3) is 0. The van der Waals surface area contributed by atoms with Gasteiger partial charge in [-0.1, -0.05) is 0 Å². The van der Waals surface area contributed by atoms with Crippen molar-refractivity contribution in [1.29, 1.82) is 0 Å². The van der Waals surface area contributed by atoms with Crippen LogP contribution in [0.4, 0.5) is 0 Å². The maximum Gasteiger partial charge on any atom is 0.356 e. The van der Waals surface area contributed by atoms with Crippen LogP contribution in [0.2, 0.25) is 0 Å². The number of pyridine rings is 1. The lowest BCUT2D eigenvalue weighted by Gasteiger charge is -2.03. The molecule has 2 rings (SSSR count). The highest BCUT2D eigenvalue weighted by Crippen LogP contribution is 2.19. The van der Waals surface area contributed by atoms with E-state index < -0.39 is 22.8 Å². The van der Waals surface area contributed by atoms with Gasteiger partial charge in [0, 0.05) is 0 Å². The Morgan fingerprint density at radius 2 is 1.94 bits per heavy atom. The van der Waals surface area contributed by atoms with Gasteiger partial charge in [0.15, 0.2) is 11.4 Å². The van der Waals surface area contributed by atoms with Crippen molar-refractivity contribution in [3.05, 3.63) is 34.1 Å². The highest BCUT2D eigenvalue weighted by atomic mass is 16.4. The summed E-state index contributed by atoms with van der Waals surface area (Å²) in [7, 11) is 0. The number of fused-ring (bicyclic) bond motifs is 1. The van der Waals surface area contributed by atoms with Crippen LogP contribution in [0, 0.1) is 0 Å². The van der Waals surface area contributed by atoms with Crippen LogP contribution in [-0.2, 0) is 0 Å². The van der Waals surface area contributed by atoms with Gasteiger partial charge in [-0.3, -0.25) is 4.79 Å². The lowest BCUT2D eigenvalue weighted by atomic mass is 10.1. The third-order valence-corrected chi connectivity index (χ3v) is 2.17. The number of H-pyrrole nitrogens is 1. The number of nitrogens with one attached hydrogen (secondary N) is 1. The number of carboxylic acids is 1. The number of benzene rings is 1. The number of carboxylic acid groups (broad SMARTS) is 1. The molecule has 2 aromatic rings. The lowest BCUT2D eigenvalue weighted by Crippen LogP contribution is -2.10. The molecule has 0 fully saturated rings. The number of aromatic amines is 1. The second-order valence-corrected chi connectivity index (χ2v) is 3.21. The fourth-order valence-corrected chi connectivity index (χ4v) is 1.42. The van der Waals surface area contributed by atoms with E-state index in [0.717, 1.165) is 6.07 Å². The molecule has 0 saturated heterocycles. The molecule has 0 aliphatic heterocycles. The standard InChI is InChI=1S/C10H7NO5/c12-4-1-2-6-5(3-4)8(13)9(14)7(11-6)10(15)16/h1-3,12,14H,(H,11,13)(H,15,16). The molecule has 0 aliphatic rings. The largest absolute Gasteiger partial charge is 0.508 e. The van der Waals surface area contributed by atoms with E-state index in [1.54, 1.807) is 0 Å². The second-order valence-electron chi connectivity index (χ2n) is 3.21. The van der Waals surface area contributed by atoms with Crippen molar-refractivity contribution in [2.75, 3.05) is 0 Å². The zero-order chi connectivity index (χ0) is 11.9. The molecule has 6 nitrogen and oxygen atoms in total. The Balaban J connectivity index is 2.94. The number of aromatic hydroxyl groups is 2. The summed E-state index contributed by atoms with van der Waals surface area (Å²) in [6, 6.07) is 3.82. The van der Waals surface area contributed by atoms with E-state index in [1.807, 2.05) is 0 Å². The average molecular weight is 221 g/mol. The van der Waals surface area contributed by atoms with Gasteiger partial charge in [-0.25, -0.2) is 4.79 Å². The van der Waals surface area contributed by atoms with Crippen molar-refractivity contribution in [3.63, 3.8) is 0 Å². The van der Waals surface area contributed by atoms with Gasteiger partial charge in [-0.05, 0) is 18.2 Å². The van der Waals surface area contributed by atoms with E-state index in [4.69, 9.17) is 5.11 Å². The zero-order valence-electron chi connectivity index (χ0n) is 7.89. The minimum atomic E-state index is -1.43. The minimum absolute atomic E-state index is 0.0301. The van der Waals surface area contributed by atoms with Crippen molar-refractivity contribution in [2.24, 2.45) is 0 Å². The lowest BCUT2D eigenvalue weighted by molar-refractivity contribution is 0.0687. The van der Waals surface area contributed by atoms with Gasteiger partial charge in [0.25, 0.3) is 0 Å². The number of hydrogen-bond acceptors (Lipinski definition) is 4. The molecular weight excluding hydrogens is 214 g/mol. The Bertz CT molecular complexity index is 643. The Kier molecular flexibility index (Phi) is 2.05. The first-order chi connectivity index (χ1) is 7.50. The normalized spacial score (nSPS) is 10.5. The molecule has 0 amide bonds. The van der Waals surface area contributed by atoms with Crippen molar-refractivity contribution < 1.29 is 20.1 Å². The summed E-state index contributed by atoms with van der Waals surface area (Å²) in [6.45, 7) is 0. The maximum atomic E-state index is 11.6. The number of aromatic carboxylic acids is 1. The predicted molar refractivity (Wildman–Crippen MR) is 54.9 cm³/mol. The van der Waals surface area contributed by atoms with Gasteiger partial charge in [-0.15, -0.1) is 0 Å². The van der Waals surface area contributed by atoms with Crippen molar-refractivity contribution >= 4 is 16.9 Å². The van der Waals surface area contributed by atoms with E-state index in [9.17, 15) is 19.8 Å². The van der Waals surface area contributed by atoms with E-state index in [2.05, 4.69) is 4.98 Å². The van der Waals surface area contributed by atoms with Crippen LogP contribution >= 0.6 is 0 Å². The zero-order valence-corrected chi connectivity index (χ0v) is 7.89. The molecule has 16 heavy (non-hydrogen) atoms. The van der Waals surface area contributed by atoms with E-state index in [-0.39, 0.29) is 16.7 Å². The third kappa shape index (κ3) is 1.36. The maximum absolute atomic E-state index is 11.6. The number of rotatable bonds is 1. The Morgan fingerprint density at radius 3 is 2.56 bits per heavy atom. The van der Waals surface area contributed by atoms with Crippen LogP contribution in [0.5, 0.6) is 11.5 Å². The van der Waals surface area contributed by atoms with Gasteiger partial charge in [0.05, 0.1) is 10.9 Å². The molecule has 4 N–H and O–H groups in total. The number of phenolic OH excluding ortho intramolecular Hbond substituents is 1. The second kappa shape index (κ2) is 3.27. The third-order valence-electron chi connectivity index (χ3n) is 2.17. The molecule has 1 aromatic carbocycles. The van der Waals surface area contributed by atoms with Gasteiger partial charge < -0.3 is 20.3 Å².